The minimum atomic E-state index is -0.569. The number of carbonyl (C=O) groups excluding carboxylic acids is 1. The lowest BCUT2D eigenvalue weighted by Gasteiger charge is -2.32. The number of hydrogen-bond acceptors (Lipinski definition) is 5. The standard InChI is InChI=1S/C18H26ClNO4/c1-3-23-18(22)14-6-8-20(9-7-14)11-15(21)12-24-16-4-5-17(19)13(2)10-16/h4-5,10,14-15,21H,3,6-9,11-12H2,1-2H3/t15-/m1/s1. The Morgan fingerprint density at radius 1 is 1.42 bits per heavy atom. The number of β-amino-alcohol motifs (C(OH)–C–C–N with tert-alkyl or cyclic N) is 1. The predicted molar refractivity (Wildman–Crippen MR) is 93.5 cm³/mol. The van der Waals surface area contributed by atoms with Crippen LogP contribution in [-0.4, -0.2) is 54.9 Å². The van der Waals surface area contributed by atoms with Gasteiger partial charge in [0, 0.05) is 11.6 Å². The molecule has 134 valence electrons. The number of halogens is 1. The highest BCUT2D eigenvalue weighted by Gasteiger charge is 2.26. The van der Waals surface area contributed by atoms with Gasteiger partial charge in [-0.25, -0.2) is 0 Å². The normalized spacial score (nSPS) is 17.5. The van der Waals surface area contributed by atoms with Crippen LogP contribution in [-0.2, 0) is 9.53 Å². The Balaban J connectivity index is 1.70. The van der Waals surface area contributed by atoms with Crippen LogP contribution in [0.5, 0.6) is 5.75 Å². The summed E-state index contributed by atoms with van der Waals surface area (Å²) in [5.74, 6) is 0.600. The van der Waals surface area contributed by atoms with Gasteiger partial charge in [-0.05, 0) is 63.5 Å². The molecular formula is C18H26ClNO4. The molecule has 1 aromatic carbocycles. The molecule has 1 atom stereocenters. The van der Waals surface area contributed by atoms with Gasteiger partial charge in [-0.15, -0.1) is 0 Å². The van der Waals surface area contributed by atoms with Gasteiger partial charge in [-0.2, -0.15) is 0 Å². The maximum atomic E-state index is 11.7. The van der Waals surface area contributed by atoms with Gasteiger partial charge < -0.3 is 19.5 Å². The molecule has 1 fully saturated rings. The molecule has 1 aliphatic heterocycles. The molecule has 0 aromatic heterocycles. The quantitative estimate of drug-likeness (QED) is 0.762. The third-order valence-electron chi connectivity index (χ3n) is 4.25. The molecule has 0 saturated carbocycles. The van der Waals surface area contributed by atoms with Gasteiger partial charge in [0.2, 0.25) is 0 Å². The molecule has 1 saturated heterocycles. The number of likely N-dealkylation sites (tertiary alicyclic amines) is 1. The summed E-state index contributed by atoms with van der Waals surface area (Å²) in [6, 6.07) is 5.45. The smallest absolute Gasteiger partial charge is 0.309 e. The summed E-state index contributed by atoms with van der Waals surface area (Å²) in [5.41, 5.74) is 0.949. The average Bonchev–Trinajstić information content (AvgIpc) is 2.57. The SMILES string of the molecule is CCOC(=O)C1CCN(C[C@@H](O)COc2ccc(Cl)c(C)c2)CC1. The lowest BCUT2D eigenvalue weighted by molar-refractivity contribution is -0.149. The van der Waals surface area contributed by atoms with E-state index in [4.69, 9.17) is 21.1 Å². The average molecular weight is 356 g/mol. The predicted octanol–water partition coefficient (Wildman–Crippen LogP) is 2.66. The molecular weight excluding hydrogens is 330 g/mol. The first kappa shape index (κ1) is 19.0. The van der Waals surface area contributed by atoms with Crippen molar-refractivity contribution in [1.82, 2.24) is 4.90 Å². The van der Waals surface area contributed by atoms with E-state index >= 15 is 0 Å². The number of esters is 1. The van der Waals surface area contributed by atoms with E-state index in [1.54, 1.807) is 12.1 Å². The fourth-order valence-electron chi connectivity index (χ4n) is 2.86. The number of nitrogens with zero attached hydrogens (tertiary/aromatic N) is 1. The van der Waals surface area contributed by atoms with Crippen molar-refractivity contribution >= 4 is 17.6 Å². The Bertz CT molecular complexity index is 544. The fraction of sp³-hybridized carbons (Fsp3) is 0.611. The number of carbonyl (C=O) groups is 1. The van der Waals surface area contributed by atoms with Crippen molar-refractivity contribution in [2.75, 3.05) is 32.8 Å². The van der Waals surface area contributed by atoms with Crippen LogP contribution >= 0.6 is 11.6 Å². The van der Waals surface area contributed by atoms with Gasteiger partial charge in [-0.1, -0.05) is 11.6 Å². The molecule has 0 aliphatic carbocycles. The van der Waals surface area contributed by atoms with E-state index in [0.29, 0.717) is 23.9 Å². The summed E-state index contributed by atoms with van der Waals surface area (Å²) in [4.78, 5) is 13.9. The number of hydrogen-bond donors (Lipinski definition) is 1. The largest absolute Gasteiger partial charge is 0.491 e. The fourth-order valence-corrected chi connectivity index (χ4v) is 2.98. The van der Waals surface area contributed by atoms with E-state index in [2.05, 4.69) is 4.90 Å². The Hall–Kier alpha value is -1.30. The lowest BCUT2D eigenvalue weighted by atomic mass is 9.97. The Morgan fingerprint density at radius 3 is 2.75 bits per heavy atom. The number of piperidine rings is 1. The highest BCUT2D eigenvalue weighted by Crippen LogP contribution is 2.22. The minimum absolute atomic E-state index is 0.00775. The number of ether oxygens (including phenoxy) is 2. The van der Waals surface area contributed by atoms with Crippen LogP contribution in [0.3, 0.4) is 0 Å². The van der Waals surface area contributed by atoms with Crippen molar-refractivity contribution in [2.24, 2.45) is 5.92 Å². The summed E-state index contributed by atoms with van der Waals surface area (Å²) >= 11 is 5.98. The van der Waals surface area contributed by atoms with Crippen molar-refractivity contribution in [3.05, 3.63) is 28.8 Å². The number of aryl methyl sites for hydroxylation is 1. The van der Waals surface area contributed by atoms with E-state index in [1.165, 1.54) is 0 Å². The van der Waals surface area contributed by atoms with Gasteiger partial charge in [0.05, 0.1) is 12.5 Å². The van der Waals surface area contributed by atoms with E-state index in [-0.39, 0.29) is 18.5 Å². The van der Waals surface area contributed by atoms with Crippen LogP contribution in [0.15, 0.2) is 18.2 Å². The van der Waals surface area contributed by atoms with Crippen molar-refractivity contribution in [2.45, 2.75) is 32.8 Å². The monoisotopic (exact) mass is 355 g/mol. The second-order valence-electron chi connectivity index (χ2n) is 6.20. The minimum Gasteiger partial charge on any atom is -0.491 e. The summed E-state index contributed by atoms with van der Waals surface area (Å²) in [6.45, 7) is 6.53. The van der Waals surface area contributed by atoms with Crippen LogP contribution < -0.4 is 4.74 Å². The molecule has 0 radical (unpaired) electrons. The zero-order chi connectivity index (χ0) is 17.5. The number of aliphatic hydroxyl groups excluding tert-OH is 1. The van der Waals surface area contributed by atoms with E-state index < -0.39 is 6.10 Å². The highest BCUT2D eigenvalue weighted by molar-refractivity contribution is 6.31. The summed E-state index contributed by atoms with van der Waals surface area (Å²) < 4.78 is 10.7. The molecule has 0 bridgehead atoms. The van der Waals surface area contributed by atoms with E-state index in [9.17, 15) is 9.90 Å². The van der Waals surface area contributed by atoms with Crippen molar-refractivity contribution < 1.29 is 19.4 Å². The third-order valence-corrected chi connectivity index (χ3v) is 4.67. The molecule has 24 heavy (non-hydrogen) atoms. The first-order valence-corrected chi connectivity index (χ1v) is 8.83. The lowest BCUT2D eigenvalue weighted by Crippen LogP contribution is -2.42. The zero-order valence-electron chi connectivity index (χ0n) is 14.3. The first-order valence-electron chi connectivity index (χ1n) is 8.45. The highest BCUT2D eigenvalue weighted by atomic mass is 35.5. The summed E-state index contributed by atoms with van der Waals surface area (Å²) in [6.07, 6.45) is 0.992. The number of aliphatic hydroxyl groups is 1. The van der Waals surface area contributed by atoms with Crippen LogP contribution in [0.1, 0.15) is 25.3 Å². The van der Waals surface area contributed by atoms with Crippen LogP contribution in [0.2, 0.25) is 5.02 Å². The number of benzene rings is 1. The molecule has 5 nitrogen and oxygen atoms in total. The third kappa shape index (κ3) is 5.65. The Labute approximate surface area is 148 Å². The van der Waals surface area contributed by atoms with Gasteiger partial charge >= 0.3 is 5.97 Å². The Morgan fingerprint density at radius 2 is 2.12 bits per heavy atom. The van der Waals surface area contributed by atoms with Crippen LogP contribution in [0.4, 0.5) is 0 Å². The van der Waals surface area contributed by atoms with Crippen LogP contribution in [0, 0.1) is 12.8 Å². The molecule has 1 aliphatic rings. The second-order valence-corrected chi connectivity index (χ2v) is 6.61. The van der Waals surface area contributed by atoms with Crippen molar-refractivity contribution in [1.29, 1.82) is 0 Å². The second kappa shape index (κ2) is 9.25. The number of rotatable bonds is 7. The van der Waals surface area contributed by atoms with Crippen molar-refractivity contribution in [3.63, 3.8) is 0 Å². The van der Waals surface area contributed by atoms with Crippen LogP contribution in [0.25, 0.3) is 0 Å². The van der Waals surface area contributed by atoms with Crippen molar-refractivity contribution in [3.8, 4) is 5.75 Å². The maximum absolute atomic E-state index is 11.7. The topological polar surface area (TPSA) is 59.0 Å². The summed E-state index contributed by atoms with van der Waals surface area (Å²) in [7, 11) is 0. The molecule has 1 heterocycles. The van der Waals surface area contributed by atoms with Gasteiger partial charge in [0.15, 0.2) is 0 Å². The van der Waals surface area contributed by atoms with E-state index in [1.807, 2.05) is 19.9 Å². The molecule has 2 rings (SSSR count). The molecule has 0 amide bonds. The Kier molecular flexibility index (Phi) is 7.34. The molecule has 1 N–H and O–H groups in total. The molecule has 0 spiro atoms. The van der Waals surface area contributed by atoms with Gasteiger partial charge in [0.1, 0.15) is 18.5 Å². The van der Waals surface area contributed by atoms with Gasteiger partial charge in [-0.3, -0.25) is 4.79 Å². The van der Waals surface area contributed by atoms with E-state index in [0.717, 1.165) is 31.5 Å². The first-order chi connectivity index (χ1) is 11.5. The summed E-state index contributed by atoms with van der Waals surface area (Å²) in [5, 5.41) is 10.9. The molecule has 6 heteroatoms. The maximum Gasteiger partial charge on any atom is 0.309 e. The molecule has 0 unspecified atom stereocenters. The zero-order valence-corrected chi connectivity index (χ0v) is 15.1. The molecule has 1 aromatic rings. The van der Waals surface area contributed by atoms with Gasteiger partial charge in [0.25, 0.3) is 0 Å².